The summed E-state index contributed by atoms with van der Waals surface area (Å²) in [6, 6.07) is 6.82. The maximum absolute atomic E-state index is 11.9. The van der Waals surface area contributed by atoms with E-state index in [-0.39, 0.29) is 0 Å². The molecule has 2 nitrogen and oxygen atoms in total. The molecule has 0 aliphatic carbocycles. The van der Waals surface area contributed by atoms with Crippen molar-refractivity contribution < 1.29 is 4.11 Å². The van der Waals surface area contributed by atoms with Gasteiger partial charge in [-0.05, 0) is 23.6 Å². The summed E-state index contributed by atoms with van der Waals surface area (Å²) in [6.45, 7) is -2.44. The lowest BCUT2D eigenvalue weighted by Crippen LogP contribution is -2.15. The number of rotatable bonds is 0. The number of aryl methyl sites for hydroxylation is 1. The Kier molecular flexibility index (Phi) is 1.29. The molecule has 0 radical (unpaired) electrons. The molecule has 0 fully saturated rings. The molecule has 66 valence electrons. The lowest BCUT2D eigenvalue weighted by molar-refractivity contribution is 0.873. The summed E-state index contributed by atoms with van der Waals surface area (Å²) in [6.07, 6.45) is 1.30. The van der Waals surface area contributed by atoms with E-state index in [0.717, 1.165) is 14.4 Å². The van der Waals surface area contributed by atoms with Crippen LogP contribution >= 0.6 is 15.9 Å². The molecule has 3 heteroatoms. The number of aromatic nitrogens is 1. The monoisotopic (exact) mass is 240 g/mol. The van der Waals surface area contributed by atoms with E-state index in [2.05, 4.69) is 15.9 Å². The molecule has 0 aliphatic heterocycles. The highest BCUT2D eigenvalue weighted by molar-refractivity contribution is 9.10. The number of pyridine rings is 1. The summed E-state index contributed by atoms with van der Waals surface area (Å²) in [4.78, 5) is 11.9. The minimum atomic E-state index is -2.44. The first-order valence-corrected chi connectivity index (χ1v) is 4.50. The fourth-order valence-electron chi connectivity index (χ4n) is 1.21. The van der Waals surface area contributed by atoms with Crippen molar-refractivity contribution in [1.29, 1.82) is 0 Å². The zero-order valence-electron chi connectivity index (χ0n) is 9.62. The molecule has 2 aromatic rings. The molecule has 1 aromatic heterocycles. The van der Waals surface area contributed by atoms with E-state index < -0.39 is 12.5 Å². The van der Waals surface area contributed by atoms with Gasteiger partial charge in [-0.15, -0.1) is 0 Å². The van der Waals surface area contributed by atoms with Crippen molar-refractivity contribution in [1.82, 2.24) is 4.57 Å². The molecule has 0 aliphatic rings. The van der Waals surface area contributed by atoms with Gasteiger partial charge in [0.25, 0.3) is 5.56 Å². The molecule has 0 saturated carbocycles. The first-order valence-electron chi connectivity index (χ1n) is 5.21. The van der Waals surface area contributed by atoms with E-state index in [0.29, 0.717) is 5.39 Å². The van der Waals surface area contributed by atoms with Gasteiger partial charge in [-0.25, -0.2) is 0 Å². The molecule has 13 heavy (non-hydrogen) atoms. The summed E-state index contributed by atoms with van der Waals surface area (Å²) >= 11 is 3.25. The van der Waals surface area contributed by atoms with Crippen molar-refractivity contribution in [3.8, 4) is 0 Å². The maximum atomic E-state index is 11.9. The standard InChI is InChI=1S/C10H8BrNO/c1-12-5-4-7-2-3-8(11)6-9(7)10(12)13/h2-6H,1H3/i1D3. The molecule has 0 bridgehead atoms. The van der Waals surface area contributed by atoms with Crippen molar-refractivity contribution in [3.05, 3.63) is 45.3 Å². The van der Waals surface area contributed by atoms with Gasteiger partial charge in [0.1, 0.15) is 0 Å². The van der Waals surface area contributed by atoms with Crippen LogP contribution in [-0.2, 0) is 6.98 Å². The predicted molar refractivity (Wildman–Crippen MR) is 56.9 cm³/mol. The molecule has 2 rings (SSSR count). The molecule has 0 amide bonds. The van der Waals surface area contributed by atoms with E-state index in [9.17, 15) is 4.79 Å². The quantitative estimate of drug-likeness (QED) is 0.693. The van der Waals surface area contributed by atoms with E-state index in [1.165, 1.54) is 6.20 Å². The molecular weight excluding hydrogens is 230 g/mol. The van der Waals surface area contributed by atoms with E-state index in [4.69, 9.17) is 4.11 Å². The highest BCUT2D eigenvalue weighted by atomic mass is 79.9. The fourth-order valence-corrected chi connectivity index (χ4v) is 1.57. The van der Waals surface area contributed by atoms with Crippen LogP contribution in [0.5, 0.6) is 0 Å². The van der Waals surface area contributed by atoms with Crippen LogP contribution in [-0.4, -0.2) is 4.57 Å². The summed E-state index contributed by atoms with van der Waals surface area (Å²) in [5.41, 5.74) is -0.501. The summed E-state index contributed by atoms with van der Waals surface area (Å²) in [5.74, 6) is 0. The normalized spacial score (nSPS) is 15.0. The van der Waals surface area contributed by atoms with Crippen molar-refractivity contribution >= 4 is 26.7 Å². The number of hydrogen-bond acceptors (Lipinski definition) is 1. The Labute approximate surface area is 88.2 Å². The Bertz CT molecular complexity index is 603. The van der Waals surface area contributed by atoms with Crippen LogP contribution in [0.1, 0.15) is 4.11 Å². The molecule has 0 N–H and O–H groups in total. The first kappa shape index (κ1) is 5.60. The van der Waals surface area contributed by atoms with Crippen molar-refractivity contribution in [2.75, 3.05) is 0 Å². The lowest BCUT2D eigenvalue weighted by Gasteiger charge is -2.00. The van der Waals surface area contributed by atoms with Crippen molar-refractivity contribution in [2.45, 2.75) is 0 Å². The Morgan fingerprint density at radius 3 is 3.08 bits per heavy atom. The van der Waals surface area contributed by atoms with E-state index >= 15 is 0 Å². The van der Waals surface area contributed by atoms with Crippen LogP contribution < -0.4 is 5.56 Å². The third-order valence-corrected chi connectivity index (χ3v) is 2.36. The second kappa shape index (κ2) is 3.00. The summed E-state index contributed by atoms with van der Waals surface area (Å²) in [7, 11) is 0. The summed E-state index contributed by atoms with van der Waals surface area (Å²) in [5, 5.41) is 1.13. The van der Waals surface area contributed by atoms with Gasteiger partial charge in [0, 0.05) is 27.1 Å². The van der Waals surface area contributed by atoms with Gasteiger partial charge in [-0.3, -0.25) is 4.79 Å². The van der Waals surface area contributed by atoms with Crippen LogP contribution in [0, 0.1) is 0 Å². The number of fused-ring (bicyclic) bond motifs is 1. The second-order valence-electron chi connectivity index (χ2n) is 2.72. The van der Waals surface area contributed by atoms with Crippen LogP contribution in [0.4, 0.5) is 0 Å². The van der Waals surface area contributed by atoms with Gasteiger partial charge in [-0.1, -0.05) is 22.0 Å². The predicted octanol–water partition coefficient (Wildman–Crippen LogP) is 2.30. The minimum absolute atomic E-state index is 0.396. The number of hydrogen-bond donors (Lipinski definition) is 0. The Hall–Kier alpha value is -1.09. The molecule has 1 aromatic carbocycles. The SMILES string of the molecule is [2H]C([2H])([2H])n1ccc2ccc(Br)cc2c1=O. The summed E-state index contributed by atoms with van der Waals surface area (Å²) < 4.78 is 23.2. The minimum Gasteiger partial charge on any atom is -0.318 e. The number of halogens is 1. The molecule has 0 atom stereocenters. The van der Waals surface area contributed by atoms with Gasteiger partial charge in [-0.2, -0.15) is 0 Å². The zero-order chi connectivity index (χ0) is 11.9. The zero-order valence-corrected chi connectivity index (χ0v) is 8.21. The number of nitrogens with zero attached hydrogens (tertiary/aromatic N) is 1. The molecular formula is C10H8BrNO. The van der Waals surface area contributed by atoms with Crippen LogP contribution in [0.2, 0.25) is 0 Å². The highest BCUT2D eigenvalue weighted by Gasteiger charge is 1.99. The van der Waals surface area contributed by atoms with Crippen molar-refractivity contribution in [2.24, 2.45) is 6.98 Å². The van der Waals surface area contributed by atoms with Gasteiger partial charge >= 0.3 is 0 Å². The average Bonchev–Trinajstić information content (AvgIpc) is 2.17. The molecule has 1 heterocycles. The molecule has 0 spiro atoms. The fraction of sp³-hybridized carbons (Fsp3) is 0.100. The Morgan fingerprint density at radius 1 is 1.46 bits per heavy atom. The third kappa shape index (κ3) is 1.40. The average molecular weight is 241 g/mol. The number of benzene rings is 1. The van der Waals surface area contributed by atoms with Crippen LogP contribution in [0.25, 0.3) is 10.8 Å². The van der Waals surface area contributed by atoms with Gasteiger partial charge in [0.05, 0.1) is 0 Å². The Balaban J connectivity index is 2.84. The second-order valence-corrected chi connectivity index (χ2v) is 3.64. The van der Waals surface area contributed by atoms with E-state index in [1.54, 1.807) is 24.3 Å². The van der Waals surface area contributed by atoms with E-state index in [1.807, 2.05) is 0 Å². The van der Waals surface area contributed by atoms with Crippen molar-refractivity contribution in [3.63, 3.8) is 0 Å². The topological polar surface area (TPSA) is 22.0 Å². The molecule has 0 unspecified atom stereocenters. The van der Waals surface area contributed by atoms with Crippen LogP contribution in [0.15, 0.2) is 39.7 Å². The largest absolute Gasteiger partial charge is 0.318 e. The lowest BCUT2D eigenvalue weighted by atomic mass is 10.2. The maximum Gasteiger partial charge on any atom is 0.258 e. The third-order valence-electron chi connectivity index (χ3n) is 1.87. The Morgan fingerprint density at radius 2 is 2.31 bits per heavy atom. The molecule has 0 saturated heterocycles. The van der Waals surface area contributed by atoms with Crippen LogP contribution in [0.3, 0.4) is 0 Å². The first-order chi connectivity index (χ1) is 7.39. The van der Waals surface area contributed by atoms with Gasteiger partial charge in [0.15, 0.2) is 0 Å². The highest BCUT2D eigenvalue weighted by Crippen LogP contribution is 2.15. The van der Waals surface area contributed by atoms with Gasteiger partial charge < -0.3 is 4.57 Å². The smallest absolute Gasteiger partial charge is 0.258 e. The van der Waals surface area contributed by atoms with Gasteiger partial charge in [0.2, 0.25) is 0 Å².